The van der Waals surface area contributed by atoms with Gasteiger partial charge in [0.2, 0.25) is 0 Å². The Morgan fingerprint density at radius 1 is 1.08 bits per heavy atom. The zero-order chi connectivity index (χ0) is 17.0. The molecule has 0 radical (unpaired) electrons. The first kappa shape index (κ1) is 17.1. The van der Waals surface area contributed by atoms with Gasteiger partial charge in [-0.3, -0.25) is 4.79 Å². The van der Waals surface area contributed by atoms with E-state index in [4.69, 9.17) is 11.6 Å². The maximum Gasteiger partial charge on any atom is 0.302 e. The smallest absolute Gasteiger partial charge is 0.302 e. The third kappa shape index (κ3) is 4.04. The van der Waals surface area contributed by atoms with E-state index in [-0.39, 0.29) is 5.24 Å². The Bertz CT molecular complexity index is 686. The number of nitrogens with one attached hydrogen (secondary N) is 1. The Hall–Kier alpha value is -1.69. The minimum absolute atomic E-state index is 0.0416. The molecule has 0 unspecified atom stereocenters. The fourth-order valence-corrected chi connectivity index (χ4v) is 3.56. The molecule has 1 aliphatic heterocycles. The van der Waals surface area contributed by atoms with E-state index in [0.717, 1.165) is 23.2 Å². The van der Waals surface area contributed by atoms with E-state index >= 15 is 0 Å². The van der Waals surface area contributed by atoms with Gasteiger partial charge in [0, 0.05) is 35.7 Å². The number of likely N-dealkylation sites (tertiary alicyclic amines) is 1. The minimum Gasteiger partial charge on any atom is -0.385 e. The molecule has 24 heavy (non-hydrogen) atoms. The number of hydrogen-bond donors (Lipinski definition) is 2. The lowest BCUT2D eigenvalue weighted by Crippen LogP contribution is -2.44. The molecule has 0 atom stereocenters. The Morgan fingerprint density at radius 2 is 1.71 bits per heavy atom. The van der Waals surface area contributed by atoms with E-state index in [1.165, 1.54) is 0 Å². The molecule has 0 aromatic heterocycles. The maximum atomic E-state index is 12.3. The molecule has 4 nitrogen and oxygen atoms in total. The van der Waals surface area contributed by atoms with E-state index in [1.807, 2.05) is 42.5 Å². The number of piperidine rings is 1. The van der Waals surface area contributed by atoms with Crippen LogP contribution in [0.25, 0.3) is 0 Å². The predicted octanol–water partition coefficient (Wildman–Crippen LogP) is 4.50. The molecule has 3 rings (SSSR count). The zero-order valence-corrected chi connectivity index (χ0v) is 14.7. The average Bonchev–Trinajstić information content (AvgIpc) is 2.62. The molecule has 1 heterocycles. The fourth-order valence-electron chi connectivity index (χ4n) is 2.78. The minimum atomic E-state index is -0.841. The van der Waals surface area contributed by atoms with Gasteiger partial charge in [0.05, 0.1) is 5.60 Å². The van der Waals surface area contributed by atoms with E-state index in [9.17, 15) is 9.90 Å². The van der Waals surface area contributed by atoms with Crippen molar-refractivity contribution in [3.8, 4) is 0 Å². The van der Waals surface area contributed by atoms with Gasteiger partial charge < -0.3 is 14.7 Å². The average molecular weight is 363 g/mol. The largest absolute Gasteiger partial charge is 0.385 e. The van der Waals surface area contributed by atoms with Crippen molar-refractivity contribution in [1.29, 1.82) is 0 Å². The molecule has 0 saturated carbocycles. The summed E-state index contributed by atoms with van der Waals surface area (Å²) in [6, 6.07) is 16.9. The highest BCUT2D eigenvalue weighted by Gasteiger charge is 2.35. The van der Waals surface area contributed by atoms with Gasteiger partial charge in [-0.05, 0) is 42.7 Å². The quantitative estimate of drug-likeness (QED) is 0.789. The van der Waals surface area contributed by atoms with Gasteiger partial charge in [-0.25, -0.2) is 0 Å². The number of amides is 1. The second kappa shape index (κ2) is 7.47. The van der Waals surface area contributed by atoms with Crippen LogP contribution in [0.2, 0.25) is 5.02 Å². The lowest BCUT2D eigenvalue weighted by Gasteiger charge is -2.38. The number of anilines is 1. The molecule has 6 heteroatoms. The number of aliphatic hydroxyl groups is 1. The van der Waals surface area contributed by atoms with E-state index < -0.39 is 5.60 Å². The SMILES string of the molecule is O=C(SNc1ccc(Cl)cc1)N1CCC(O)(c2ccccc2)CC1. The number of hydrogen-bond acceptors (Lipinski definition) is 4. The molecule has 2 aromatic rings. The number of nitrogens with zero attached hydrogens (tertiary/aromatic N) is 1. The molecule has 1 fully saturated rings. The molecule has 0 bridgehead atoms. The fraction of sp³-hybridized carbons (Fsp3) is 0.278. The van der Waals surface area contributed by atoms with Crippen LogP contribution < -0.4 is 4.72 Å². The summed E-state index contributed by atoms with van der Waals surface area (Å²) < 4.78 is 3.03. The van der Waals surface area contributed by atoms with Crippen LogP contribution in [0, 0.1) is 0 Å². The first-order valence-corrected chi connectivity index (χ1v) is 9.01. The number of carbonyl (C=O) groups is 1. The zero-order valence-electron chi connectivity index (χ0n) is 13.1. The molecule has 1 saturated heterocycles. The Morgan fingerprint density at radius 3 is 2.33 bits per heavy atom. The van der Waals surface area contributed by atoms with Crippen molar-refractivity contribution in [1.82, 2.24) is 4.90 Å². The number of rotatable bonds is 3. The van der Waals surface area contributed by atoms with Crippen LogP contribution in [0.3, 0.4) is 0 Å². The van der Waals surface area contributed by atoms with Crippen LogP contribution >= 0.6 is 23.5 Å². The van der Waals surface area contributed by atoms with Crippen LogP contribution in [0.1, 0.15) is 18.4 Å². The van der Waals surface area contributed by atoms with Gasteiger partial charge >= 0.3 is 5.24 Å². The van der Waals surface area contributed by atoms with Crippen molar-refractivity contribution in [3.05, 3.63) is 65.2 Å². The lowest BCUT2D eigenvalue weighted by atomic mass is 9.85. The summed E-state index contributed by atoms with van der Waals surface area (Å²) in [6.45, 7) is 1.08. The maximum absolute atomic E-state index is 12.3. The third-order valence-corrected chi connectivity index (χ3v) is 5.28. The van der Waals surface area contributed by atoms with Crippen molar-refractivity contribution < 1.29 is 9.90 Å². The topological polar surface area (TPSA) is 52.6 Å². The van der Waals surface area contributed by atoms with Gasteiger partial charge in [-0.15, -0.1) is 0 Å². The van der Waals surface area contributed by atoms with Gasteiger partial charge in [0.15, 0.2) is 0 Å². The summed E-state index contributed by atoms with van der Waals surface area (Å²) in [5, 5.41) is 11.4. The first-order valence-electron chi connectivity index (χ1n) is 7.82. The second-order valence-electron chi connectivity index (χ2n) is 5.86. The molecule has 1 aliphatic rings. The summed E-state index contributed by atoms with van der Waals surface area (Å²) >= 11 is 6.89. The highest BCUT2D eigenvalue weighted by molar-refractivity contribution is 8.14. The molecule has 2 aromatic carbocycles. The molecule has 0 aliphatic carbocycles. The van der Waals surface area contributed by atoms with Crippen LogP contribution in [0.5, 0.6) is 0 Å². The van der Waals surface area contributed by atoms with Gasteiger partial charge in [-0.2, -0.15) is 0 Å². The second-order valence-corrected chi connectivity index (χ2v) is 7.06. The highest BCUT2D eigenvalue weighted by Crippen LogP contribution is 2.33. The van der Waals surface area contributed by atoms with E-state index in [1.54, 1.807) is 17.0 Å². The summed E-state index contributed by atoms with van der Waals surface area (Å²) in [5.41, 5.74) is 0.909. The Labute approximate surface area is 150 Å². The number of carbonyl (C=O) groups excluding carboxylic acids is 1. The van der Waals surface area contributed by atoms with Crippen molar-refractivity contribution >= 4 is 34.5 Å². The van der Waals surface area contributed by atoms with E-state index in [0.29, 0.717) is 31.0 Å². The van der Waals surface area contributed by atoms with Crippen LogP contribution in [-0.2, 0) is 5.60 Å². The Balaban J connectivity index is 1.52. The molecule has 126 valence electrons. The van der Waals surface area contributed by atoms with Gasteiger partial charge in [-0.1, -0.05) is 41.9 Å². The summed E-state index contributed by atoms with van der Waals surface area (Å²) in [6.07, 6.45) is 1.09. The lowest BCUT2D eigenvalue weighted by molar-refractivity contribution is -0.0146. The molecule has 1 amide bonds. The van der Waals surface area contributed by atoms with Crippen molar-refractivity contribution in [2.24, 2.45) is 0 Å². The van der Waals surface area contributed by atoms with Crippen molar-refractivity contribution in [3.63, 3.8) is 0 Å². The molecular formula is C18H19ClN2O2S. The highest BCUT2D eigenvalue weighted by atomic mass is 35.5. The predicted molar refractivity (Wildman–Crippen MR) is 99.2 cm³/mol. The van der Waals surface area contributed by atoms with Crippen molar-refractivity contribution in [2.75, 3.05) is 17.8 Å². The van der Waals surface area contributed by atoms with E-state index in [2.05, 4.69) is 4.72 Å². The van der Waals surface area contributed by atoms with Gasteiger partial charge in [0.1, 0.15) is 0 Å². The summed E-state index contributed by atoms with van der Waals surface area (Å²) in [7, 11) is 0. The Kier molecular flexibility index (Phi) is 5.33. The molecule has 0 spiro atoms. The normalized spacial score (nSPS) is 16.7. The van der Waals surface area contributed by atoms with Crippen LogP contribution in [-0.4, -0.2) is 28.3 Å². The van der Waals surface area contributed by atoms with Crippen molar-refractivity contribution in [2.45, 2.75) is 18.4 Å². The first-order chi connectivity index (χ1) is 11.6. The number of benzene rings is 2. The molecule has 2 N–H and O–H groups in total. The van der Waals surface area contributed by atoms with Crippen LogP contribution in [0.15, 0.2) is 54.6 Å². The van der Waals surface area contributed by atoms with Crippen LogP contribution in [0.4, 0.5) is 10.5 Å². The monoisotopic (exact) mass is 362 g/mol. The third-order valence-electron chi connectivity index (χ3n) is 4.26. The summed E-state index contributed by atoms with van der Waals surface area (Å²) in [4.78, 5) is 14.1. The molecular weight excluding hydrogens is 344 g/mol. The summed E-state index contributed by atoms with van der Waals surface area (Å²) in [5.74, 6) is 0. The number of halogens is 1. The standard InChI is InChI=1S/C18H19ClN2O2S/c19-15-6-8-16(9-7-15)20-24-17(22)21-12-10-18(23,11-13-21)14-4-2-1-3-5-14/h1-9,20,23H,10-13H2. The van der Waals surface area contributed by atoms with Gasteiger partial charge in [0.25, 0.3) is 0 Å².